The van der Waals surface area contributed by atoms with E-state index in [1.165, 1.54) is 7.11 Å². The molecule has 0 aromatic rings. The molecule has 2 saturated heterocycles. The third-order valence-corrected chi connectivity index (χ3v) is 2.79. The van der Waals surface area contributed by atoms with Gasteiger partial charge in [-0.25, -0.2) is 4.79 Å². The molecule has 0 saturated carbocycles. The summed E-state index contributed by atoms with van der Waals surface area (Å²) in [6, 6.07) is 0. The van der Waals surface area contributed by atoms with Gasteiger partial charge in [-0.2, -0.15) is 0 Å². The molecular weight excluding hydrogens is 236 g/mol. The molecule has 0 radical (unpaired) electrons. The largest absolute Gasteiger partial charge is 0.477 e. The molecule has 6 atom stereocenters. The zero-order valence-corrected chi connectivity index (χ0v) is 9.05. The van der Waals surface area contributed by atoms with Crippen LogP contribution in [0.1, 0.15) is 0 Å². The first-order valence-electron chi connectivity index (χ1n) is 5.09. The van der Waals surface area contributed by atoms with Crippen LogP contribution < -0.4 is 0 Å². The Morgan fingerprint density at radius 3 is 2.53 bits per heavy atom. The standard InChI is InChI=1S/C9H14O8/c1-14-8-4(11)6-5(16-8)3(2-10)15-9(17-6)7(12)13/h3-6,8-11H,2H2,1H3,(H,12,13). The fourth-order valence-electron chi connectivity index (χ4n) is 1.99. The summed E-state index contributed by atoms with van der Waals surface area (Å²) in [6.07, 6.45) is -6.09. The minimum Gasteiger partial charge on any atom is -0.477 e. The predicted molar refractivity (Wildman–Crippen MR) is 49.9 cm³/mol. The molecule has 0 aromatic carbocycles. The number of ether oxygens (including phenoxy) is 4. The zero-order chi connectivity index (χ0) is 12.6. The Balaban J connectivity index is 2.15. The molecule has 6 unspecified atom stereocenters. The number of carboxylic acid groups (broad SMARTS) is 1. The highest BCUT2D eigenvalue weighted by Crippen LogP contribution is 2.32. The summed E-state index contributed by atoms with van der Waals surface area (Å²) in [5.41, 5.74) is 0. The van der Waals surface area contributed by atoms with Crippen molar-refractivity contribution in [2.45, 2.75) is 37.0 Å². The Morgan fingerprint density at radius 1 is 1.29 bits per heavy atom. The van der Waals surface area contributed by atoms with Crippen molar-refractivity contribution in [3.05, 3.63) is 0 Å². The highest BCUT2D eigenvalue weighted by molar-refractivity contribution is 5.70. The van der Waals surface area contributed by atoms with Gasteiger partial charge in [0, 0.05) is 7.11 Å². The van der Waals surface area contributed by atoms with E-state index in [4.69, 9.17) is 29.2 Å². The number of hydrogen-bond donors (Lipinski definition) is 3. The molecular formula is C9H14O8. The molecule has 2 fully saturated rings. The predicted octanol–water partition coefficient (Wildman–Crippen LogP) is -2.09. The van der Waals surface area contributed by atoms with E-state index < -0.39 is 49.6 Å². The van der Waals surface area contributed by atoms with Gasteiger partial charge in [0.05, 0.1) is 6.61 Å². The van der Waals surface area contributed by atoms with E-state index in [2.05, 4.69) is 0 Å². The SMILES string of the molecule is COC1OC2C(CO)OC(C(=O)O)OC2C1O. The molecule has 0 aliphatic carbocycles. The van der Waals surface area contributed by atoms with Gasteiger partial charge in [-0.1, -0.05) is 0 Å². The van der Waals surface area contributed by atoms with Crippen LogP contribution in [0, 0.1) is 0 Å². The van der Waals surface area contributed by atoms with E-state index in [1.54, 1.807) is 0 Å². The van der Waals surface area contributed by atoms with Gasteiger partial charge in [0.1, 0.15) is 24.4 Å². The molecule has 3 N–H and O–H groups in total. The summed E-state index contributed by atoms with van der Waals surface area (Å²) >= 11 is 0. The summed E-state index contributed by atoms with van der Waals surface area (Å²) in [4.78, 5) is 10.8. The minimum absolute atomic E-state index is 0.433. The number of carbonyl (C=O) groups is 1. The number of hydrogen-bond acceptors (Lipinski definition) is 7. The monoisotopic (exact) mass is 250 g/mol. The first-order chi connectivity index (χ1) is 8.08. The first kappa shape index (κ1) is 12.7. The van der Waals surface area contributed by atoms with Crippen molar-refractivity contribution >= 4 is 5.97 Å². The molecule has 0 spiro atoms. The van der Waals surface area contributed by atoms with Crippen molar-refractivity contribution < 1.29 is 39.1 Å². The van der Waals surface area contributed by atoms with Crippen LogP contribution in [0.5, 0.6) is 0 Å². The molecule has 8 heteroatoms. The molecule has 8 nitrogen and oxygen atoms in total. The molecule has 98 valence electrons. The molecule has 0 amide bonds. The maximum Gasteiger partial charge on any atom is 0.361 e. The van der Waals surface area contributed by atoms with Crippen LogP contribution in [0.4, 0.5) is 0 Å². The number of fused-ring (bicyclic) bond motifs is 1. The third-order valence-electron chi connectivity index (χ3n) is 2.79. The lowest BCUT2D eigenvalue weighted by molar-refractivity contribution is -0.282. The second kappa shape index (κ2) is 4.84. The maximum atomic E-state index is 10.8. The molecule has 2 aliphatic rings. The van der Waals surface area contributed by atoms with Crippen LogP contribution in [0.2, 0.25) is 0 Å². The second-order valence-corrected chi connectivity index (χ2v) is 3.82. The maximum absolute atomic E-state index is 10.8. The minimum atomic E-state index is -1.53. The van der Waals surface area contributed by atoms with E-state index in [0.29, 0.717) is 0 Å². The van der Waals surface area contributed by atoms with Crippen LogP contribution in [0.3, 0.4) is 0 Å². The van der Waals surface area contributed by atoms with Gasteiger partial charge in [-0.05, 0) is 0 Å². The molecule has 2 rings (SSSR count). The van der Waals surface area contributed by atoms with Crippen LogP contribution in [-0.2, 0) is 23.7 Å². The van der Waals surface area contributed by atoms with Crippen LogP contribution >= 0.6 is 0 Å². The van der Waals surface area contributed by atoms with Gasteiger partial charge in [0.2, 0.25) is 0 Å². The highest BCUT2D eigenvalue weighted by Gasteiger charge is 2.54. The van der Waals surface area contributed by atoms with Crippen molar-refractivity contribution in [3.8, 4) is 0 Å². The third kappa shape index (κ3) is 2.15. The quantitative estimate of drug-likeness (QED) is 0.522. The topological polar surface area (TPSA) is 115 Å². The highest BCUT2D eigenvalue weighted by atomic mass is 16.8. The fourth-order valence-corrected chi connectivity index (χ4v) is 1.99. The van der Waals surface area contributed by atoms with Crippen molar-refractivity contribution in [3.63, 3.8) is 0 Å². The van der Waals surface area contributed by atoms with E-state index in [-0.39, 0.29) is 0 Å². The molecule has 0 aromatic heterocycles. The van der Waals surface area contributed by atoms with E-state index >= 15 is 0 Å². The van der Waals surface area contributed by atoms with E-state index in [0.717, 1.165) is 0 Å². The summed E-state index contributed by atoms with van der Waals surface area (Å²) in [7, 11) is 1.34. The van der Waals surface area contributed by atoms with Gasteiger partial charge in [-0.15, -0.1) is 0 Å². The summed E-state index contributed by atoms with van der Waals surface area (Å²) in [5.74, 6) is -1.32. The van der Waals surface area contributed by atoms with Crippen LogP contribution in [0.15, 0.2) is 0 Å². The molecule has 2 heterocycles. The average molecular weight is 250 g/mol. The van der Waals surface area contributed by atoms with Gasteiger partial charge in [-0.3, -0.25) is 0 Å². The summed E-state index contributed by atoms with van der Waals surface area (Å²) < 4.78 is 20.2. The first-order valence-corrected chi connectivity index (χ1v) is 5.09. The lowest BCUT2D eigenvalue weighted by Crippen LogP contribution is -2.54. The fraction of sp³-hybridized carbons (Fsp3) is 0.889. The number of aliphatic hydroxyl groups excluding tert-OH is 2. The lowest BCUT2D eigenvalue weighted by atomic mass is 10.0. The zero-order valence-electron chi connectivity index (χ0n) is 9.05. The van der Waals surface area contributed by atoms with Crippen LogP contribution in [-0.4, -0.2) is 72.0 Å². The Hall–Kier alpha value is -0.770. The molecule has 0 bridgehead atoms. The number of rotatable bonds is 3. The Labute approximate surface area is 96.6 Å². The van der Waals surface area contributed by atoms with Crippen molar-refractivity contribution in [1.29, 1.82) is 0 Å². The number of carboxylic acids is 1. The van der Waals surface area contributed by atoms with Crippen molar-refractivity contribution in [2.24, 2.45) is 0 Å². The smallest absolute Gasteiger partial charge is 0.361 e. The Bertz CT molecular complexity index is 295. The van der Waals surface area contributed by atoms with Crippen molar-refractivity contribution in [1.82, 2.24) is 0 Å². The normalized spacial score (nSPS) is 45.6. The second-order valence-electron chi connectivity index (χ2n) is 3.82. The summed E-state index contributed by atoms with van der Waals surface area (Å²) in [6.45, 7) is -0.433. The molecule has 17 heavy (non-hydrogen) atoms. The van der Waals surface area contributed by atoms with E-state index in [9.17, 15) is 9.90 Å². The number of aliphatic hydroxyl groups is 2. The Morgan fingerprint density at radius 2 is 2.00 bits per heavy atom. The van der Waals surface area contributed by atoms with Crippen molar-refractivity contribution in [2.75, 3.05) is 13.7 Å². The van der Waals surface area contributed by atoms with Gasteiger partial charge in [0.25, 0.3) is 6.29 Å². The lowest BCUT2D eigenvalue weighted by Gasteiger charge is -2.35. The van der Waals surface area contributed by atoms with Gasteiger partial charge >= 0.3 is 5.97 Å². The van der Waals surface area contributed by atoms with E-state index in [1.807, 2.05) is 0 Å². The average Bonchev–Trinajstić information content (AvgIpc) is 2.65. The Kier molecular flexibility index (Phi) is 3.61. The number of aliphatic carboxylic acids is 1. The van der Waals surface area contributed by atoms with Gasteiger partial charge < -0.3 is 34.3 Å². The summed E-state index contributed by atoms with van der Waals surface area (Å²) in [5, 5.41) is 27.7. The molecule has 2 aliphatic heterocycles. The van der Waals surface area contributed by atoms with Gasteiger partial charge in [0.15, 0.2) is 6.29 Å². The number of methoxy groups -OCH3 is 1. The van der Waals surface area contributed by atoms with Crippen LogP contribution in [0.25, 0.3) is 0 Å².